The molecule has 0 atom stereocenters. The SMILES string of the molecule is CCNc1ccc(Cl)cc1C(=O)NCCCCC(C)C. The Balaban J connectivity index is 2.52. The van der Waals surface area contributed by atoms with E-state index in [1.165, 1.54) is 6.42 Å². The molecule has 0 fully saturated rings. The summed E-state index contributed by atoms with van der Waals surface area (Å²) in [5, 5.41) is 6.72. The molecule has 0 aromatic heterocycles. The third-order valence-corrected chi connectivity index (χ3v) is 3.32. The molecule has 0 aliphatic heterocycles. The summed E-state index contributed by atoms with van der Waals surface area (Å²) in [5.74, 6) is 0.659. The number of benzene rings is 1. The third-order valence-electron chi connectivity index (χ3n) is 3.09. The van der Waals surface area contributed by atoms with Gasteiger partial charge in [0.2, 0.25) is 0 Å². The van der Waals surface area contributed by atoms with Crippen LogP contribution in [0.3, 0.4) is 0 Å². The lowest BCUT2D eigenvalue weighted by atomic mass is 10.1. The second-order valence-electron chi connectivity index (χ2n) is 5.37. The highest BCUT2D eigenvalue weighted by Crippen LogP contribution is 2.20. The van der Waals surface area contributed by atoms with Crippen LogP contribution in [0.25, 0.3) is 0 Å². The normalized spacial score (nSPS) is 10.7. The van der Waals surface area contributed by atoms with Gasteiger partial charge < -0.3 is 10.6 Å². The first-order chi connectivity index (χ1) is 9.54. The maximum absolute atomic E-state index is 12.2. The first-order valence-electron chi connectivity index (χ1n) is 7.36. The highest BCUT2D eigenvalue weighted by atomic mass is 35.5. The second-order valence-corrected chi connectivity index (χ2v) is 5.80. The van der Waals surface area contributed by atoms with Gasteiger partial charge in [0.05, 0.1) is 5.56 Å². The van der Waals surface area contributed by atoms with Gasteiger partial charge in [-0.15, -0.1) is 0 Å². The summed E-state index contributed by atoms with van der Waals surface area (Å²) in [6, 6.07) is 5.35. The van der Waals surface area contributed by atoms with Crippen molar-refractivity contribution in [1.82, 2.24) is 5.32 Å². The van der Waals surface area contributed by atoms with E-state index in [-0.39, 0.29) is 5.91 Å². The van der Waals surface area contributed by atoms with Crippen molar-refractivity contribution >= 4 is 23.2 Å². The fourth-order valence-corrected chi connectivity index (χ4v) is 2.20. The highest BCUT2D eigenvalue weighted by Gasteiger charge is 2.11. The molecule has 0 aliphatic rings. The maximum Gasteiger partial charge on any atom is 0.253 e. The fourth-order valence-electron chi connectivity index (χ4n) is 2.02. The van der Waals surface area contributed by atoms with Crippen molar-refractivity contribution in [3.8, 4) is 0 Å². The number of hydrogen-bond donors (Lipinski definition) is 2. The van der Waals surface area contributed by atoms with Crippen LogP contribution in [0.2, 0.25) is 5.02 Å². The molecule has 0 spiro atoms. The predicted molar refractivity (Wildman–Crippen MR) is 86.6 cm³/mol. The van der Waals surface area contributed by atoms with E-state index in [9.17, 15) is 4.79 Å². The zero-order valence-corrected chi connectivity index (χ0v) is 13.4. The third kappa shape index (κ3) is 5.83. The number of unbranched alkanes of at least 4 members (excludes halogenated alkanes) is 1. The van der Waals surface area contributed by atoms with Gasteiger partial charge in [-0.25, -0.2) is 0 Å². The predicted octanol–water partition coefficient (Wildman–Crippen LogP) is 4.33. The van der Waals surface area contributed by atoms with E-state index in [2.05, 4.69) is 24.5 Å². The molecular weight excluding hydrogens is 272 g/mol. The molecule has 0 unspecified atom stereocenters. The van der Waals surface area contributed by atoms with Crippen molar-refractivity contribution in [2.24, 2.45) is 5.92 Å². The largest absolute Gasteiger partial charge is 0.385 e. The van der Waals surface area contributed by atoms with Crippen molar-refractivity contribution < 1.29 is 4.79 Å². The van der Waals surface area contributed by atoms with Crippen LogP contribution in [-0.2, 0) is 0 Å². The monoisotopic (exact) mass is 296 g/mol. The van der Waals surface area contributed by atoms with Gasteiger partial charge in [0.15, 0.2) is 0 Å². The van der Waals surface area contributed by atoms with Crippen LogP contribution in [0.5, 0.6) is 0 Å². The summed E-state index contributed by atoms with van der Waals surface area (Å²) in [5.41, 5.74) is 1.44. The molecule has 0 heterocycles. The molecule has 1 amide bonds. The van der Waals surface area contributed by atoms with Crippen molar-refractivity contribution in [2.45, 2.75) is 40.0 Å². The lowest BCUT2D eigenvalue weighted by Crippen LogP contribution is -2.25. The van der Waals surface area contributed by atoms with Crippen LogP contribution < -0.4 is 10.6 Å². The standard InChI is InChI=1S/C16H25ClN2O/c1-4-18-15-9-8-13(17)11-14(15)16(20)19-10-6-5-7-12(2)3/h8-9,11-12,18H,4-7,10H2,1-3H3,(H,19,20). The van der Waals surface area contributed by atoms with E-state index in [0.29, 0.717) is 17.1 Å². The number of carbonyl (C=O) groups is 1. The maximum atomic E-state index is 12.2. The van der Waals surface area contributed by atoms with Crippen LogP contribution in [0.4, 0.5) is 5.69 Å². The number of anilines is 1. The zero-order valence-electron chi connectivity index (χ0n) is 12.6. The Morgan fingerprint density at radius 3 is 2.70 bits per heavy atom. The number of halogens is 1. The minimum atomic E-state index is -0.0620. The summed E-state index contributed by atoms with van der Waals surface area (Å²) >= 11 is 5.97. The van der Waals surface area contributed by atoms with Crippen molar-refractivity contribution in [2.75, 3.05) is 18.4 Å². The molecule has 0 aliphatic carbocycles. The first kappa shape index (κ1) is 16.8. The van der Waals surface area contributed by atoms with Gasteiger partial charge in [-0.1, -0.05) is 38.3 Å². The van der Waals surface area contributed by atoms with Gasteiger partial charge in [0.1, 0.15) is 0 Å². The van der Waals surface area contributed by atoms with Crippen LogP contribution >= 0.6 is 11.6 Å². The molecule has 3 nitrogen and oxygen atoms in total. The van der Waals surface area contributed by atoms with Crippen molar-refractivity contribution in [3.05, 3.63) is 28.8 Å². The molecule has 1 aromatic rings. The van der Waals surface area contributed by atoms with Gasteiger partial charge in [0.25, 0.3) is 5.91 Å². The number of nitrogens with one attached hydrogen (secondary N) is 2. The van der Waals surface area contributed by atoms with E-state index in [0.717, 1.165) is 31.0 Å². The molecule has 0 saturated heterocycles. The lowest BCUT2D eigenvalue weighted by Gasteiger charge is -2.12. The van der Waals surface area contributed by atoms with Crippen LogP contribution in [-0.4, -0.2) is 19.0 Å². The van der Waals surface area contributed by atoms with E-state index in [4.69, 9.17) is 11.6 Å². The van der Waals surface area contributed by atoms with Gasteiger partial charge in [-0.05, 0) is 37.5 Å². The number of carbonyl (C=O) groups excluding carboxylic acids is 1. The minimum absolute atomic E-state index is 0.0620. The van der Waals surface area contributed by atoms with Crippen LogP contribution in [0, 0.1) is 5.92 Å². The second kappa shape index (κ2) is 8.85. The first-order valence-corrected chi connectivity index (χ1v) is 7.74. The zero-order chi connectivity index (χ0) is 15.0. The Morgan fingerprint density at radius 2 is 2.05 bits per heavy atom. The summed E-state index contributed by atoms with van der Waals surface area (Å²) in [7, 11) is 0. The molecule has 112 valence electrons. The van der Waals surface area contributed by atoms with Gasteiger partial charge >= 0.3 is 0 Å². The molecule has 0 saturated carbocycles. The number of rotatable bonds is 8. The Morgan fingerprint density at radius 1 is 1.30 bits per heavy atom. The van der Waals surface area contributed by atoms with Crippen molar-refractivity contribution in [3.63, 3.8) is 0 Å². The molecule has 20 heavy (non-hydrogen) atoms. The molecule has 1 rings (SSSR count). The van der Waals surface area contributed by atoms with Crippen LogP contribution in [0.15, 0.2) is 18.2 Å². The fraction of sp³-hybridized carbons (Fsp3) is 0.562. The van der Waals surface area contributed by atoms with E-state index < -0.39 is 0 Å². The summed E-state index contributed by atoms with van der Waals surface area (Å²) < 4.78 is 0. The van der Waals surface area contributed by atoms with E-state index >= 15 is 0 Å². The highest BCUT2D eigenvalue weighted by molar-refractivity contribution is 6.31. The Kier molecular flexibility index (Phi) is 7.45. The van der Waals surface area contributed by atoms with Gasteiger partial charge in [0, 0.05) is 23.8 Å². The van der Waals surface area contributed by atoms with E-state index in [1.54, 1.807) is 12.1 Å². The number of hydrogen-bond acceptors (Lipinski definition) is 2. The molecule has 1 aromatic carbocycles. The summed E-state index contributed by atoms with van der Waals surface area (Å²) in [6.45, 7) is 7.92. The minimum Gasteiger partial charge on any atom is -0.385 e. The quantitative estimate of drug-likeness (QED) is 0.701. The Labute approximate surface area is 127 Å². The summed E-state index contributed by atoms with van der Waals surface area (Å²) in [4.78, 5) is 12.2. The average molecular weight is 297 g/mol. The van der Waals surface area contributed by atoms with Crippen molar-refractivity contribution in [1.29, 1.82) is 0 Å². The Hall–Kier alpha value is -1.22. The van der Waals surface area contributed by atoms with Crippen LogP contribution in [0.1, 0.15) is 50.4 Å². The average Bonchev–Trinajstić information content (AvgIpc) is 2.40. The Bertz CT molecular complexity index is 432. The summed E-state index contributed by atoms with van der Waals surface area (Å²) in [6.07, 6.45) is 3.37. The van der Waals surface area contributed by atoms with E-state index in [1.807, 2.05) is 13.0 Å². The number of amides is 1. The molecule has 4 heteroatoms. The molecule has 0 radical (unpaired) electrons. The molecular formula is C16H25ClN2O. The van der Waals surface area contributed by atoms with Gasteiger partial charge in [-0.2, -0.15) is 0 Å². The molecule has 0 bridgehead atoms. The van der Waals surface area contributed by atoms with Gasteiger partial charge in [-0.3, -0.25) is 4.79 Å². The smallest absolute Gasteiger partial charge is 0.253 e. The lowest BCUT2D eigenvalue weighted by molar-refractivity contribution is 0.0953. The topological polar surface area (TPSA) is 41.1 Å². The molecule has 2 N–H and O–H groups in total.